The average molecular weight is 482 g/mol. The second-order valence-corrected chi connectivity index (χ2v) is 9.06. The Hall–Kier alpha value is -3.40. The molecule has 0 fully saturated rings. The van der Waals surface area contributed by atoms with Gasteiger partial charge in [-0.15, -0.1) is 0 Å². The number of hydrogen-bond donors (Lipinski definition) is 2. The summed E-state index contributed by atoms with van der Waals surface area (Å²) in [6.07, 6.45) is 2.81. The molecule has 1 aromatic heterocycles. The third kappa shape index (κ3) is 5.39. The molecular formula is C24H27N5O4S. The summed E-state index contributed by atoms with van der Waals surface area (Å²) >= 11 is 1.21. The van der Waals surface area contributed by atoms with Crippen molar-refractivity contribution in [3.05, 3.63) is 54.0 Å². The maximum Gasteiger partial charge on any atom is 0.259 e. The minimum Gasteiger partial charge on any atom is -0.467 e. The molecule has 3 amide bonds. The first kappa shape index (κ1) is 23.7. The van der Waals surface area contributed by atoms with E-state index in [0.29, 0.717) is 29.0 Å². The number of para-hydroxylation sites is 1. The lowest BCUT2D eigenvalue weighted by Gasteiger charge is -2.25. The van der Waals surface area contributed by atoms with Gasteiger partial charge in [0.15, 0.2) is 5.17 Å². The molecule has 0 saturated carbocycles. The maximum absolute atomic E-state index is 13.3. The molecule has 0 unspecified atom stereocenters. The third-order valence-electron chi connectivity index (χ3n) is 5.58. The van der Waals surface area contributed by atoms with Crippen LogP contribution in [0.25, 0.3) is 0 Å². The minimum atomic E-state index is -0.685. The van der Waals surface area contributed by atoms with Gasteiger partial charge in [-0.25, -0.2) is 9.89 Å². The molecule has 0 radical (unpaired) electrons. The Bertz CT molecular complexity index is 1130. The minimum absolute atomic E-state index is 0.0796. The van der Waals surface area contributed by atoms with Gasteiger partial charge in [0.25, 0.3) is 5.91 Å². The first-order valence-corrected chi connectivity index (χ1v) is 12.3. The first-order valence-electron chi connectivity index (χ1n) is 11.3. The van der Waals surface area contributed by atoms with Gasteiger partial charge >= 0.3 is 0 Å². The number of nitrogens with zero attached hydrogens (tertiary/aromatic N) is 3. The van der Waals surface area contributed by atoms with Crippen LogP contribution in [0.1, 0.15) is 44.4 Å². The van der Waals surface area contributed by atoms with Crippen molar-refractivity contribution < 1.29 is 18.8 Å². The molecule has 1 aromatic carbocycles. The number of benzene rings is 1. The van der Waals surface area contributed by atoms with Crippen LogP contribution in [0.2, 0.25) is 0 Å². The second kappa shape index (κ2) is 10.7. The van der Waals surface area contributed by atoms with E-state index in [4.69, 9.17) is 4.42 Å². The van der Waals surface area contributed by atoms with Gasteiger partial charge in [-0.05, 0) is 44.0 Å². The fourth-order valence-electron chi connectivity index (χ4n) is 3.59. The van der Waals surface area contributed by atoms with Crippen LogP contribution in [0.5, 0.6) is 0 Å². The highest BCUT2D eigenvalue weighted by Crippen LogP contribution is 2.34. The second-order valence-electron chi connectivity index (χ2n) is 8.11. The number of amidine groups is 2. The standard InChI is InChI=1S/C24H27N5O4S/c1-3-15(2)26-21(31)14-34-24-28-18-9-5-4-8-17(18)22-27-19(23(32)29(22)24)10-11-20(30)25-13-16-7-6-12-33-16/h4-9,12,15,19H,3,10-11,13-14H2,1-2H3,(H,25,30)(H,26,31)/t15-,19+/m1/s1. The van der Waals surface area contributed by atoms with Crippen molar-refractivity contribution in [3.63, 3.8) is 0 Å². The molecule has 0 bridgehead atoms. The molecule has 0 aliphatic carbocycles. The monoisotopic (exact) mass is 481 g/mol. The van der Waals surface area contributed by atoms with Gasteiger partial charge in [0.05, 0.1) is 24.2 Å². The Kier molecular flexibility index (Phi) is 7.46. The topological polar surface area (TPSA) is 116 Å². The lowest BCUT2D eigenvalue weighted by molar-refractivity contribution is -0.125. The van der Waals surface area contributed by atoms with E-state index < -0.39 is 6.04 Å². The molecule has 0 spiro atoms. The first-order chi connectivity index (χ1) is 16.5. The van der Waals surface area contributed by atoms with Crippen LogP contribution in [0.15, 0.2) is 57.1 Å². The van der Waals surface area contributed by atoms with E-state index in [1.807, 2.05) is 38.1 Å². The molecule has 2 aliphatic heterocycles. The molecular weight excluding hydrogens is 454 g/mol. The summed E-state index contributed by atoms with van der Waals surface area (Å²) in [6.45, 7) is 4.25. The van der Waals surface area contributed by atoms with E-state index in [0.717, 1.165) is 12.0 Å². The largest absolute Gasteiger partial charge is 0.467 e. The van der Waals surface area contributed by atoms with Crippen molar-refractivity contribution in [2.75, 3.05) is 5.75 Å². The van der Waals surface area contributed by atoms with E-state index in [-0.39, 0.29) is 42.4 Å². The number of thioether (sulfide) groups is 1. The summed E-state index contributed by atoms with van der Waals surface area (Å²) in [7, 11) is 0. The number of amides is 3. The fourth-order valence-corrected chi connectivity index (χ4v) is 4.40. The van der Waals surface area contributed by atoms with Crippen molar-refractivity contribution in [3.8, 4) is 0 Å². The van der Waals surface area contributed by atoms with E-state index in [1.54, 1.807) is 18.4 Å². The van der Waals surface area contributed by atoms with Gasteiger partial charge in [-0.3, -0.25) is 19.4 Å². The Morgan fingerprint density at radius 1 is 1.21 bits per heavy atom. The molecule has 2 aliphatic rings. The summed E-state index contributed by atoms with van der Waals surface area (Å²) in [6, 6.07) is 10.4. The van der Waals surface area contributed by atoms with Gasteiger partial charge in [0.1, 0.15) is 17.6 Å². The molecule has 9 nitrogen and oxygen atoms in total. The molecule has 4 rings (SSSR count). The highest BCUT2D eigenvalue weighted by atomic mass is 32.2. The highest BCUT2D eigenvalue weighted by molar-refractivity contribution is 8.14. The van der Waals surface area contributed by atoms with E-state index in [1.165, 1.54) is 16.7 Å². The predicted molar refractivity (Wildman–Crippen MR) is 131 cm³/mol. The molecule has 34 heavy (non-hydrogen) atoms. The van der Waals surface area contributed by atoms with E-state index >= 15 is 0 Å². The molecule has 2 atom stereocenters. The zero-order valence-corrected chi connectivity index (χ0v) is 19.9. The number of aliphatic imine (C=N–C) groups is 2. The number of nitrogens with one attached hydrogen (secondary N) is 2. The van der Waals surface area contributed by atoms with Gasteiger partial charge in [0, 0.05) is 18.0 Å². The smallest absolute Gasteiger partial charge is 0.259 e. The average Bonchev–Trinajstić information content (AvgIpc) is 3.48. The van der Waals surface area contributed by atoms with Gasteiger partial charge in [0.2, 0.25) is 11.8 Å². The van der Waals surface area contributed by atoms with E-state index in [9.17, 15) is 14.4 Å². The Balaban J connectivity index is 1.43. The fraction of sp³-hybridized carbons (Fsp3) is 0.375. The zero-order chi connectivity index (χ0) is 24.1. The molecule has 2 N–H and O–H groups in total. The normalized spacial score (nSPS) is 17.4. The van der Waals surface area contributed by atoms with Crippen molar-refractivity contribution in [2.45, 2.75) is 51.7 Å². The van der Waals surface area contributed by atoms with Gasteiger partial charge < -0.3 is 15.1 Å². The molecule has 3 heterocycles. The van der Waals surface area contributed by atoms with Crippen LogP contribution >= 0.6 is 11.8 Å². The highest BCUT2D eigenvalue weighted by Gasteiger charge is 2.41. The van der Waals surface area contributed by atoms with Crippen molar-refractivity contribution in [2.24, 2.45) is 9.98 Å². The number of furan rings is 1. The van der Waals surface area contributed by atoms with E-state index in [2.05, 4.69) is 20.6 Å². The summed E-state index contributed by atoms with van der Waals surface area (Å²) in [5.74, 6) is 0.783. The van der Waals surface area contributed by atoms with Crippen molar-refractivity contribution in [1.29, 1.82) is 0 Å². The number of carbonyl (C=O) groups excluding carboxylic acids is 3. The zero-order valence-electron chi connectivity index (χ0n) is 19.1. The molecule has 2 aromatic rings. The lowest BCUT2D eigenvalue weighted by Crippen LogP contribution is -2.42. The predicted octanol–water partition coefficient (Wildman–Crippen LogP) is 2.98. The van der Waals surface area contributed by atoms with Crippen LogP contribution in [-0.4, -0.2) is 51.5 Å². The summed E-state index contributed by atoms with van der Waals surface area (Å²) in [5, 5.41) is 6.13. The van der Waals surface area contributed by atoms with Crippen LogP contribution < -0.4 is 10.6 Å². The maximum atomic E-state index is 13.3. The van der Waals surface area contributed by atoms with Crippen LogP contribution in [-0.2, 0) is 20.9 Å². The Morgan fingerprint density at radius 2 is 2.03 bits per heavy atom. The number of rotatable bonds is 9. The Morgan fingerprint density at radius 3 is 2.79 bits per heavy atom. The molecule has 0 saturated heterocycles. The van der Waals surface area contributed by atoms with Gasteiger partial charge in [-0.1, -0.05) is 30.8 Å². The van der Waals surface area contributed by atoms with Gasteiger partial charge in [-0.2, -0.15) is 0 Å². The van der Waals surface area contributed by atoms with Crippen molar-refractivity contribution in [1.82, 2.24) is 15.5 Å². The van der Waals surface area contributed by atoms with Crippen molar-refractivity contribution >= 4 is 46.2 Å². The summed E-state index contributed by atoms with van der Waals surface area (Å²) in [5.41, 5.74) is 1.46. The number of fused-ring (bicyclic) bond motifs is 3. The summed E-state index contributed by atoms with van der Waals surface area (Å²) in [4.78, 5) is 48.6. The number of carbonyl (C=O) groups is 3. The SMILES string of the molecule is CC[C@@H](C)NC(=O)CSC1=Nc2ccccc2C2=N[C@@H](CCC(=O)NCc3ccco3)C(=O)N12. The van der Waals surface area contributed by atoms with Crippen LogP contribution in [0.3, 0.4) is 0 Å². The third-order valence-corrected chi connectivity index (χ3v) is 6.52. The number of hydrogen-bond acceptors (Lipinski definition) is 7. The summed E-state index contributed by atoms with van der Waals surface area (Å²) < 4.78 is 5.21. The Labute approximate surface area is 202 Å². The lowest BCUT2D eigenvalue weighted by atomic mass is 10.1. The quantitative estimate of drug-likeness (QED) is 0.571. The molecule has 178 valence electrons. The van der Waals surface area contributed by atoms with Crippen LogP contribution in [0, 0.1) is 0 Å². The molecule has 10 heteroatoms. The van der Waals surface area contributed by atoms with Crippen LogP contribution in [0.4, 0.5) is 5.69 Å².